The van der Waals surface area contributed by atoms with Crippen LogP contribution < -0.4 is 4.74 Å². The number of alkyl halides is 3. The number of ether oxygens (including phenoxy) is 1. The van der Waals surface area contributed by atoms with Crippen LogP contribution in [0, 0.1) is 12.3 Å². The average molecular weight is 303 g/mol. The normalized spacial score (nSPS) is 18.1. The maximum atomic E-state index is 12.9. The Balaban J connectivity index is 2.75. The number of allylic oxidation sites excluding steroid dienone is 1. The molecule has 1 unspecified atom stereocenters. The van der Waals surface area contributed by atoms with Gasteiger partial charge in [0.1, 0.15) is 11.3 Å². The number of aliphatic carboxylic acids is 1. The van der Waals surface area contributed by atoms with E-state index in [4.69, 9.17) is 27.9 Å². The minimum Gasteiger partial charge on any atom is -0.478 e. The van der Waals surface area contributed by atoms with Crippen LogP contribution in [0.2, 0.25) is 5.02 Å². The number of hydrogen-bond acceptors (Lipinski definition) is 2. The molecule has 0 bridgehead atoms. The summed E-state index contributed by atoms with van der Waals surface area (Å²) in [4.78, 5) is 11.1. The quantitative estimate of drug-likeness (QED) is 0.811. The summed E-state index contributed by atoms with van der Waals surface area (Å²) in [5.74, 6) is 0.0371. The molecule has 0 spiro atoms. The number of rotatable bonds is 1. The first-order valence-electron chi connectivity index (χ1n) is 5.23. The van der Waals surface area contributed by atoms with Crippen molar-refractivity contribution in [2.75, 3.05) is 0 Å². The van der Waals surface area contributed by atoms with Gasteiger partial charge in [-0.15, -0.1) is 6.42 Å². The zero-order valence-electron chi connectivity index (χ0n) is 9.66. The molecule has 1 aromatic carbocycles. The Morgan fingerprint density at radius 2 is 2.10 bits per heavy atom. The first kappa shape index (κ1) is 14.3. The van der Waals surface area contributed by atoms with Gasteiger partial charge in [-0.3, -0.25) is 0 Å². The lowest BCUT2D eigenvalue weighted by atomic mass is 9.93. The molecule has 0 fully saturated rings. The predicted octanol–water partition coefficient (Wildman–Crippen LogP) is 3.13. The third-order valence-corrected chi connectivity index (χ3v) is 2.89. The van der Waals surface area contributed by atoms with E-state index in [2.05, 4.69) is 0 Å². The molecule has 7 heteroatoms. The number of carboxylic acids is 1. The molecular weight excluding hydrogens is 297 g/mol. The van der Waals surface area contributed by atoms with Crippen LogP contribution in [0.25, 0.3) is 5.57 Å². The second kappa shape index (κ2) is 4.76. The number of fused-ring (bicyclic) bond motifs is 1. The molecule has 1 heterocycles. The molecule has 0 aliphatic carbocycles. The van der Waals surface area contributed by atoms with Crippen molar-refractivity contribution in [3.05, 3.63) is 34.4 Å². The van der Waals surface area contributed by atoms with Gasteiger partial charge in [-0.25, -0.2) is 4.79 Å². The van der Waals surface area contributed by atoms with Gasteiger partial charge in [0.15, 0.2) is 0 Å². The molecule has 20 heavy (non-hydrogen) atoms. The first-order chi connectivity index (χ1) is 9.25. The Hall–Kier alpha value is -2.13. The SMILES string of the molecule is C#CC1=C(C(=O)O)C(C(F)(F)F)Oc2ccc(Cl)cc21. The predicted molar refractivity (Wildman–Crippen MR) is 65.3 cm³/mol. The minimum absolute atomic E-state index is 0.0536. The minimum atomic E-state index is -4.90. The largest absolute Gasteiger partial charge is 0.478 e. The highest BCUT2D eigenvalue weighted by atomic mass is 35.5. The second-order valence-electron chi connectivity index (χ2n) is 3.92. The summed E-state index contributed by atoms with van der Waals surface area (Å²) in [7, 11) is 0. The highest BCUT2D eigenvalue weighted by molar-refractivity contribution is 6.31. The van der Waals surface area contributed by atoms with Gasteiger partial charge in [0.25, 0.3) is 0 Å². The van der Waals surface area contributed by atoms with Crippen molar-refractivity contribution in [2.24, 2.45) is 0 Å². The van der Waals surface area contributed by atoms with E-state index in [0.717, 1.165) is 0 Å². The van der Waals surface area contributed by atoms with Crippen LogP contribution in [0.15, 0.2) is 23.8 Å². The van der Waals surface area contributed by atoms with E-state index in [0.29, 0.717) is 0 Å². The van der Waals surface area contributed by atoms with Gasteiger partial charge in [0, 0.05) is 16.2 Å². The first-order valence-corrected chi connectivity index (χ1v) is 5.61. The molecule has 0 radical (unpaired) electrons. The van der Waals surface area contributed by atoms with Crippen molar-refractivity contribution in [3.63, 3.8) is 0 Å². The Labute approximate surface area is 116 Å². The Kier molecular flexibility index (Phi) is 3.40. The van der Waals surface area contributed by atoms with Gasteiger partial charge < -0.3 is 9.84 Å². The number of benzene rings is 1. The summed E-state index contributed by atoms with van der Waals surface area (Å²) in [6.45, 7) is 0. The molecule has 104 valence electrons. The van der Waals surface area contributed by atoms with Crippen LogP contribution in [0.1, 0.15) is 5.56 Å². The lowest BCUT2D eigenvalue weighted by Gasteiger charge is -2.29. The third-order valence-electron chi connectivity index (χ3n) is 2.66. The van der Waals surface area contributed by atoms with Crippen molar-refractivity contribution in [1.82, 2.24) is 0 Å². The standard InChI is InChI=1S/C13H6ClF3O3/c1-2-7-8-5-6(14)3-4-9(8)20-11(13(15,16)17)10(7)12(18)19/h1,3-5,11H,(H,18,19). The van der Waals surface area contributed by atoms with Gasteiger partial charge in [0.05, 0.1) is 0 Å². The van der Waals surface area contributed by atoms with E-state index in [1.165, 1.54) is 18.2 Å². The number of terminal acetylenes is 1. The number of carbonyl (C=O) groups is 1. The fourth-order valence-corrected chi connectivity index (χ4v) is 2.04. The van der Waals surface area contributed by atoms with Gasteiger partial charge in [-0.2, -0.15) is 13.2 Å². The lowest BCUT2D eigenvalue weighted by molar-refractivity contribution is -0.187. The second-order valence-corrected chi connectivity index (χ2v) is 4.35. The van der Waals surface area contributed by atoms with Crippen LogP contribution in [0.4, 0.5) is 13.2 Å². The van der Waals surface area contributed by atoms with Crippen LogP contribution in [-0.4, -0.2) is 23.4 Å². The Morgan fingerprint density at radius 3 is 2.60 bits per heavy atom. The molecule has 3 nitrogen and oxygen atoms in total. The van der Waals surface area contributed by atoms with Gasteiger partial charge in [0.2, 0.25) is 6.10 Å². The number of hydrogen-bond donors (Lipinski definition) is 1. The summed E-state index contributed by atoms with van der Waals surface area (Å²) in [5.41, 5.74) is -1.35. The van der Waals surface area contributed by atoms with E-state index in [9.17, 15) is 18.0 Å². The molecule has 1 aromatic rings. The highest BCUT2D eigenvalue weighted by Gasteiger charge is 2.50. The molecular formula is C13H6ClF3O3. The van der Waals surface area contributed by atoms with Crippen LogP contribution in [-0.2, 0) is 4.79 Å². The van der Waals surface area contributed by atoms with E-state index in [1.807, 2.05) is 5.92 Å². The maximum absolute atomic E-state index is 12.9. The summed E-state index contributed by atoms with van der Waals surface area (Å²) < 4.78 is 43.5. The van der Waals surface area contributed by atoms with E-state index < -0.39 is 23.8 Å². The maximum Gasteiger partial charge on any atom is 0.430 e. The van der Waals surface area contributed by atoms with Crippen molar-refractivity contribution >= 4 is 23.1 Å². The van der Waals surface area contributed by atoms with Crippen LogP contribution in [0.5, 0.6) is 5.75 Å². The molecule has 0 saturated carbocycles. The van der Waals surface area contributed by atoms with Gasteiger partial charge in [-0.05, 0) is 18.2 Å². The van der Waals surface area contributed by atoms with Gasteiger partial charge >= 0.3 is 12.1 Å². The molecule has 0 amide bonds. The smallest absolute Gasteiger partial charge is 0.430 e. The monoisotopic (exact) mass is 302 g/mol. The van der Waals surface area contributed by atoms with Crippen molar-refractivity contribution in [2.45, 2.75) is 12.3 Å². The number of carboxylic acid groups (broad SMARTS) is 1. The fourth-order valence-electron chi connectivity index (χ4n) is 1.87. The van der Waals surface area contributed by atoms with Crippen molar-refractivity contribution in [1.29, 1.82) is 0 Å². The molecule has 1 aliphatic rings. The highest BCUT2D eigenvalue weighted by Crippen LogP contribution is 2.42. The Bertz CT molecular complexity index is 656. The molecule has 2 rings (SSSR count). The molecule has 1 aliphatic heterocycles. The van der Waals surface area contributed by atoms with Crippen molar-refractivity contribution < 1.29 is 27.8 Å². The molecule has 0 saturated heterocycles. The zero-order valence-corrected chi connectivity index (χ0v) is 10.4. The number of halogens is 4. The zero-order chi connectivity index (χ0) is 15.1. The third kappa shape index (κ3) is 2.32. The van der Waals surface area contributed by atoms with Crippen LogP contribution >= 0.6 is 11.6 Å². The summed E-state index contributed by atoms with van der Waals surface area (Å²) in [6, 6.07) is 3.81. The van der Waals surface area contributed by atoms with Crippen molar-refractivity contribution in [3.8, 4) is 18.1 Å². The molecule has 1 atom stereocenters. The molecule has 1 N–H and O–H groups in total. The van der Waals surface area contributed by atoms with E-state index in [-0.39, 0.29) is 21.9 Å². The topological polar surface area (TPSA) is 46.5 Å². The van der Waals surface area contributed by atoms with Crippen LogP contribution in [0.3, 0.4) is 0 Å². The average Bonchev–Trinajstić information content (AvgIpc) is 2.35. The van der Waals surface area contributed by atoms with Gasteiger partial charge in [-0.1, -0.05) is 17.5 Å². The summed E-state index contributed by atoms with van der Waals surface area (Å²) in [6.07, 6.45) is -2.34. The van der Waals surface area contributed by atoms with E-state index >= 15 is 0 Å². The lowest BCUT2D eigenvalue weighted by Crippen LogP contribution is -2.41. The fraction of sp³-hybridized carbons (Fsp3) is 0.154. The summed E-state index contributed by atoms with van der Waals surface area (Å²) >= 11 is 5.74. The molecule has 0 aromatic heterocycles. The Morgan fingerprint density at radius 1 is 1.45 bits per heavy atom. The summed E-state index contributed by atoms with van der Waals surface area (Å²) in [5, 5.41) is 9.21. The van der Waals surface area contributed by atoms with E-state index in [1.54, 1.807) is 0 Å².